The second-order valence-corrected chi connectivity index (χ2v) is 7.28. The number of nitrogens with one attached hydrogen (secondary N) is 6. The quantitative estimate of drug-likeness (QED) is 0.0760. The fourth-order valence-corrected chi connectivity index (χ4v) is 3.16. The molecule has 0 radical (unpaired) electrons. The summed E-state index contributed by atoms with van der Waals surface area (Å²) in [7, 11) is 9.45. The minimum absolute atomic E-state index is 0.0513. The van der Waals surface area contributed by atoms with E-state index >= 15 is 0 Å². The molecule has 0 spiro atoms. The summed E-state index contributed by atoms with van der Waals surface area (Å²) in [6.45, 7) is 8.17. The molecule has 0 saturated heterocycles. The average molecular weight is 418 g/mol. The van der Waals surface area contributed by atoms with Crippen LogP contribution in [0.5, 0.6) is 0 Å². The van der Waals surface area contributed by atoms with Crippen LogP contribution >= 0.6 is 0 Å². The van der Waals surface area contributed by atoms with Crippen molar-refractivity contribution in [3.05, 3.63) is 0 Å². The van der Waals surface area contributed by atoms with Gasteiger partial charge in [-0.2, -0.15) is 0 Å². The molecule has 6 N–H and O–H groups in total. The summed E-state index contributed by atoms with van der Waals surface area (Å²) in [4.78, 5) is 27.8. The van der Waals surface area contributed by atoms with Crippen molar-refractivity contribution in [2.45, 2.75) is 6.42 Å². The van der Waals surface area contributed by atoms with E-state index in [0.717, 1.165) is 32.7 Å². The van der Waals surface area contributed by atoms with E-state index in [0.29, 0.717) is 39.4 Å². The van der Waals surface area contributed by atoms with E-state index < -0.39 is 0 Å². The topological polar surface area (TPSA) is 110 Å². The van der Waals surface area contributed by atoms with E-state index in [1.165, 1.54) is 0 Å². The summed E-state index contributed by atoms with van der Waals surface area (Å²) in [5.41, 5.74) is 0. The van der Waals surface area contributed by atoms with Gasteiger partial charge in [-0.3, -0.25) is 15.0 Å². The number of carbonyl (C=O) groups is 2. The van der Waals surface area contributed by atoms with Gasteiger partial charge in [0.25, 0.3) is 0 Å². The van der Waals surface area contributed by atoms with Gasteiger partial charge in [0.15, 0.2) is 0 Å². The van der Waals surface area contributed by atoms with Gasteiger partial charge in [0.2, 0.25) is 5.91 Å². The highest BCUT2D eigenvalue weighted by Gasteiger charge is 2.36. The summed E-state index contributed by atoms with van der Waals surface area (Å²) in [6, 6.07) is 0. The molecule has 10 nitrogen and oxygen atoms in total. The lowest BCUT2D eigenvalue weighted by Gasteiger charge is -2.35. The van der Waals surface area contributed by atoms with Crippen molar-refractivity contribution in [3.8, 4) is 0 Å². The van der Waals surface area contributed by atoms with Crippen LogP contribution in [0.1, 0.15) is 6.42 Å². The van der Waals surface area contributed by atoms with Crippen LogP contribution in [-0.2, 0) is 9.59 Å². The summed E-state index contributed by atoms with van der Waals surface area (Å²) in [5.74, 6) is -0.255. The second-order valence-electron chi connectivity index (χ2n) is 7.28. The third-order valence-electron chi connectivity index (χ3n) is 4.99. The molecule has 0 aliphatic heterocycles. The van der Waals surface area contributed by atoms with Gasteiger partial charge in [0.1, 0.15) is 13.1 Å². The third-order valence-corrected chi connectivity index (χ3v) is 4.99. The molecule has 0 unspecified atom stereocenters. The summed E-state index contributed by atoms with van der Waals surface area (Å²) in [5, 5.41) is 18.6. The second kappa shape index (κ2) is 17.7. The molecule has 0 aromatic carbocycles. The highest BCUT2D eigenvalue weighted by molar-refractivity contribution is 5.94. The Balaban J connectivity index is 4.71. The predicted molar refractivity (Wildman–Crippen MR) is 119 cm³/mol. The fourth-order valence-electron chi connectivity index (χ4n) is 3.16. The molecule has 10 heteroatoms. The monoisotopic (exact) mass is 417 g/mol. The van der Waals surface area contributed by atoms with Crippen LogP contribution in [0.3, 0.4) is 0 Å². The predicted octanol–water partition coefficient (Wildman–Crippen LogP) is -2.81. The van der Waals surface area contributed by atoms with E-state index in [4.69, 9.17) is 0 Å². The van der Waals surface area contributed by atoms with Gasteiger partial charge in [-0.05, 0) is 35.2 Å². The zero-order valence-electron chi connectivity index (χ0n) is 19.2. The summed E-state index contributed by atoms with van der Waals surface area (Å²) < 4.78 is 0.238. The largest absolute Gasteiger partial charge is 0.354 e. The van der Waals surface area contributed by atoms with E-state index in [1.54, 1.807) is 0 Å². The minimum atomic E-state index is -0.204. The lowest BCUT2D eigenvalue weighted by Crippen LogP contribution is -2.61. The molecular weight excluding hydrogens is 372 g/mol. The van der Waals surface area contributed by atoms with Gasteiger partial charge in [-0.15, -0.1) is 0 Å². The van der Waals surface area contributed by atoms with Gasteiger partial charge in [-0.25, -0.2) is 9.28 Å². The van der Waals surface area contributed by atoms with E-state index in [1.807, 2.05) is 35.2 Å². The van der Waals surface area contributed by atoms with Crippen molar-refractivity contribution >= 4 is 11.8 Å². The van der Waals surface area contributed by atoms with Crippen LogP contribution < -0.4 is 31.9 Å². The molecule has 0 bridgehead atoms. The van der Waals surface area contributed by atoms with Crippen LogP contribution in [-0.4, -0.2) is 129 Å². The van der Waals surface area contributed by atoms with Gasteiger partial charge < -0.3 is 26.6 Å². The van der Waals surface area contributed by atoms with E-state index in [2.05, 4.69) is 36.8 Å². The van der Waals surface area contributed by atoms with Crippen molar-refractivity contribution in [2.75, 3.05) is 107 Å². The van der Waals surface area contributed by atoms with Crippen molar-refractivity contribution in [1.29, 1.82) is 0 Å². The van der Waals surface area contributed by atoms with Crippen LogP contribution in [0.25, 0.3) is 0 Å². The number of quaternary nitrogens is 1. The van der Waals surface area contributed by atoms with Crippen LogP contribution in [0.2, 0.25) is 0 Å². The van der Waals surface area contributed by atoms with E-state index in [-0.39, 0.29) is 22.7 Å². The Morgan fingerprint density at radius 2 is 1.17 bits per heavy atom. The van der Waals surface area contributed by atoms with E-state index in [9.17, 15) is 9.59 Å². The molecule has 0 fully saturated rings. The first kappa shape index (κ1) is 27.9. The lowest BCUT2D eigenvalue weighted by atomic mass is 10.2. The Morgan fingerprint density at radius 3 is 1.62 bits per heavy atom. The number of hydrogen-bond donors (Lipinski definition) is 6. The highest BCUT2D eigenvalue weighted by atomic mass is 16.2. The molecule has 0 heterocycles. The maximum Gasteiger partial charge on any atom is 0.324 e. The molecule has 0 aromatic rings. The van der Waals surface area contributed by atoms with Crippen LogP contribution in [0, 0.1) is 0 Å². The Hall–Kier alpha value is -1.14. The molecule has 0 aliphatic carbocycles. The normalized spacial score (nSPS) is 11.8. The first-order valence-corrected chi connectivity index (χ1v) is 10.6. The smallest absolute Gasteiger partial charge is 0.324 e. The zero-order valence-corrected chi connectivity index (χ0v) is 19.2. The van der Waals surface area contributed by atoms with Crippen LogP contribution in [0.15, 0.2) is 0 Å². The first-order chi connectivity index (χ1) is 14.0. The van der Waals surface area contributed by atoms with Gasteiger partial charge >= 0.3 is 5.91 Å². The first-order valence-electron chi connectivity index (χ1n) is 10.6. The molecule has 172 valence electrons. The van der Waals surface area contributed by atoms with Crippen LogP contribution in [0.4, 0.5) is 0 Å². The minimum Gasteiger partial charge on any atom is -0.354 e. The number of carbonyl (C=O) groups excluding carboxylic acids is 2. The highest BCUT2D eigenvalue weighted by Crippen LogP contribution is 2.09. The number of nitrogens with zero attached hydrogens (tertiary/aromatic N) is 2. The average Bonchev–Trinajstić information content (AvgIpc) is 2.71. The van der Waals surface area contributed by atoms with Crippen molar-refractivity contribution < 1.29 is 14.1 Å². The van der Waals surface area contributed by atoms with Crippen molar-refractivity contribution in [1.82, 2.24) is 36.8 Å². The molecule has 0 atom stereocenters. The van der Waals surface area contributed by atoms with Gasteiger partial charge in [0, 0.05) is 52.4 Å². The Labute approximate surface area is 177 Å². The zero-order chi connectivity index (χ0) is 22.0. The Morgan fingerprint density at radius 1 is 0.690 bits per heavy atom. The molecule has 2 amide bonds. The molecule has 0 aromatic heterocycles. The lowest BCUT2D eigenvalue weighted by molar-refractivity contribution is -0.854. The molecular formula is C19H45N8O2+. The van der Waals surface area contributed by atoms with Crippen molar-refractivity contribution in [2.24, 2.45) is 0 Å². The van der Waals surface area contributed by atoms with Gasteiger partial charge in [0.05, 0.1) is 13.1 Å². The molecule has 0 aliphatic rings. The SMILES string of the molecule is CNCCN(CCNC)CCNC(=O)CC(=O)[N+](CCNC)(CCNC)CNC. The molecule has 0 rings (SSSR count). The molecule has 0 saturated carbocycles. The summed E-state index contributed by atoms with van der Waals surface area (Å²) in [6.07, 6.45) is -0.0951. The third kappa shape index (κ3) is 12.2. The maximum absolute atomic E-state index is 13.0. The Bertz CT molecular complexity index is 420. The standard InChI is InChI=1S/C19H44N8O2/c1-20-6-11-26(12-7-21-2)13-8-25-18(28)16-19(29)27(17-24-5,14-9-22-3)15-10-23-4/h20-24H,6-17H2,1-5H3/p+1. The molecule has 29 heavy (non-hydrogen) atoms. The fraction of sp³-hybridized carbons (Fsp3) is 0.895. The Kier molecular flexibility index (Phi) is 17.0. The number of likely N-dealkylation sites (N-methyl/N-ethyl adjacent to an activating group) is 4. The number of hydrogen-bond acceptors (Lipinski definition) is 8. The number of rotatable bonds is 19. The van der Waals surface area contributed by atoms with Crippen molar-refractivity contribution in [3.63, 3.8) is 0 Å². The summed E-state index contributed by atoms with van der Waals surface area (Å²) >= 11 is 0. The van der Waals surface area contributed by atoms with Gasteiger partial charge in [-0.1, -0.05) is 0 Å². The number of amides is 2. The maximum atomic E-state index is 13.0.